The third-order valence-corrected chi connectivity index (χ3v) is 4.71. The smallest absolute Gasteiger partial charge is 0.227 e. The van der Waals surface area contributed by atoms with E-state index in [0.29, 0.717) is 12.5 Å². The monoisotopic (exact) mass is 335 g/mol. The van der Waals surface area contributed by atoms with Crippen LogP contribution in [0.3, 0.4) is 0 Å². The molecule has 0 radical (unpaired) electrons. The van der Waals surface area contributed by atoms with Gasteiger partial charge in [0.05, 0.1) is 6.42 Å². The second kappa shape index (κ2) is 7.03. The molecule has 3 aromatic rings. The first kappa shape index (κ1) is 15.8. The highest BCUT2D eigenvalue weighted by atomic mass is 16.2. The topological polar surface area (TPSA) is 73.9 Å². The van der Waals surface area contributed by atoms with Crippen molar-refractivity contribution in [2.75, 3.05) is 13.1 Å². The van der Waals surface area contributed by atoms with Gasteiger partial charge < -0.3 is 15.2 Å². The van der Waals surface area contributed by atoms with E-state index < -0.39 is 0 Å². The molecule has 1 aromatic carbocycles. The Morgan fingerprint density at radius 1 is 1.24 bits per heavy atom. The van der Waals surface area contributed by atoms with Crippen LogP contribution in [0.25, 0.3) is 11.2 Å². The van der Waals surface area contributed by atoms with Crippen molar-refractivity contribution in [1.82, 2.24) is 25.2 Å². The number of aromatic amines is 1. The zero-order valence-electron chi connectivity index (χ0n) is 14.0. The van der Waals surface area contributed by atoms with Gasteiger partial charge in [0.25, 0.3) is 0 Å². The predicted molar refractivity (Wildman–Crippen MR) is 95.9 cm³/mol. The lowest BCUT2D eigenvalue weighted by molar-refractivity contribution is -0.129. The highest BCUT2D eigenvalue weighted by Gasteiger charge is 2.25. The first-order chi connectivity index (χ1) is 12.3. The number of rotatable bonds is 5. The number of amides is 1. The number of nitrogens with one attached hydrogen (secondary N) is 2. The quantitative estimate of drug-likeness (QED) is 0.747. The van der Waals surface area contributed by atoms with Crippen molar-refractivity contribution in [3.8, 4) is 0 Å². The number of likely N-dealkylation sites (tertiary alicyclic amines) is 1. The third kappa shape index (κ3) is 3.53. The Morgan fingerprint density at radius 2 is 2.08 bits per heavy atom. The van der Waals surface area contributed by atoms with Crippen molar-refractivity contribution in [1.29, 1.82) is 0 Å². The second-order valence-electron chi connectivity index (χ2n) is 6.44. The summed E-state index contributed by atoms with van der Waals surface area (Å²) in [4.78, 5) is 26.2. The summed E-state index contributed by atoms with van der Waals surface area (Å²) in [7, 11) is 0. The number of carbonyl (C=O) groups excluding carboxylic acids is 1. The number of nitrogens with zero attached hydrogens (tertiary/aromatic N) is 3. The van der Waals surface area contributed by atoms with Gasteiger partial charge in [-0.1, -0.05) is 30.3 Å². The molecule has 4 rings (SSSR count). The summed E-state index contributed by atoms with van der Waals surface area (Å²) >= 11 is 0. The van der Waals surface area contributed by atoms with Crippen molar-refractivity contribution in [2.45, 2.75) is 25.4 Å². The summed E-state index contributed by atoms with van der Waals surface area (Å²) in [6.45, 7) is 2.31. The minimum atomic E-state index is 0.202. The fourth-order valence-corrected chi connectivity index (χ4v) is 3.33. The Morgan fingerprint density at radius 3 is 2.96 bits per heavy atom. The van der Waals surface area contributed by atoms with Gasteiger partial charge in [0.15, 0.2) is 5.65 Å². The van der Waals surface area contributed by atoms with Crippen LogP contribution in [0.5, 0.6) is 0 Å². The Labute approximate surface area is 146 Å². The molecule has 128 valence electrons. The van der Waals surface area contributed by atoms with Gasteiger partial charge in [0.2, 0.25) is 5.91 Å². The average Bonchev–Trinajstić information content (AvgIpc) is 3.28. The standard InChI is InChI=1S/C19H21N5O/c25-17(10-14-4-2-1-3-5-14)24-9-6-16(13-24)22-11-15-12-23-19-18(15)20-7-8-21-19/h1-5,7-8,12,16,22H,6,9-11,13H2,(H,21,23). The van der Waals surface area contributed by atoms with Crippen LogP contribution in [0, 0.1) is 0 Å². The van der Waals surface area contributed by atoms with Crippen LogP contribution < -0.4 is 5.32 Å². The van der Waals surface area contributed by atoms with Crippen LogP contribution in [0.15, 0.2) is 48.9 Å². The minimum Gasteiger partial charge on any atom is -0.344 e. The molecule has 6 heteroatoms. The Balaban J connectivity index is 1.31. The van der Waals surface area contributed by atoms with E-state index in [1.165, 1.54) is 0 Å². The van der Waals surface area contributed by atoms with Gasteiger partial charge in [-0.15, -0.1) is 0 Å². The van der Waals surface area contributed by atoms with Crippen molar-refractivity contribution < 1.29 is 4.79 Å². The minimum absolute atomic E-state index is 0.202. The lowest BCUT2D eigenvalue weighted by atomic mass is 10.1. The van der Waals surface area contributed by atoms with Crippen molar-refractivity contribution >= 4 is 17.1 Å². The van der Waals surface area contributed by atoms with E-state index in [0.717, 1.165) is 48.3 Å². The van der Waals surface area contributed by atoms with Crippen LogP contribution in [-0.2, 0) is 17.8 Å². The van der Waals surface area contributed by atoms with Crippen molar-refractivity contribution in [3.63, 3.8) is 0 Å². The molecule has 0 spiro atoms. The van der Waals surface area contributed by atoms with Crippen molar-refractivity contribution in [3.05, 3.63) is 60.0 Å². The van der Waals surface area contributed by atoms with E-state index in [1.54, 1.807) is 12.4 Å². The van der Waals surface area contributed by atoms with Gasteiger partial charge in [0.1, 0.15) is 5.52 Å². The molecule has 3 heterocycles. The van der Waals surface area contributed by atoms with Crippen LogP contribution in [0.1, 0.15) is 17.5 Å². The molecule has 6 nitrogen and oxygen atoms in total. The van der Waals surface area contributed by atoms with E-state index in [9.17, 15) is 4.79 Å². The number of hydrogen-bond acceptors (Lipinski definition) is 4. The zero-order valence-corrected chi connectivity index (χ0v) is 14.0. The molecule has 1 fully saturated rings. The van der Waals surface area contributed by atoms with E-state index in [4.69, 9.17) is 0 Å². The molecule has 1 amide bonds. The molecule has 0 saturated carbocycles. The van der Waals surface area contributed by atoms with Gasteiger partial charge in [-0.3, -0.25) is 9.78 Å². The zero-order chi connectivity index (χ0) is 17.1. The van der Waals surface area contributed by atoms with Crippen LogP contribution in [0.4, 0.5) is 0 Å². The molecule has 1 unspecified atom stereocenters. The summed E-state index contributed by atoms with van der Waals surface area (Å²) in [5, 5.41) is 3.54. The van der Waals surface area contributed by atoms with Crippen LogP contribution in [0.2, 0.25) is 0 Å². The first-order valence-electron chi connectivity index (χ1n) is 8.61. The molecule has 0 aliphatic carbocycles. The Hall–Kier alpha value is -2.73. The number of fused-ring (bicyclic) bond motifs is 1. The lowest BCUT2D eigenvalue weighted by Crippen LogP contribution is -2.35. The Bertz CT molecular complexity index is 860. The SMILES string of the molecule is O=C(Cc1ccccc1)N1CCC(NCc2c[nH]c3nccnc23)C1. The molecule has 1 aliphatic rings. The summed E-state index contributed by atoms with van der Waals surface area (Å²) < 4.78 is 0. The molecule has 1 atom stereocenters. The summed E-state index contributed by atoms with van der Waals surface area (Å²) in [5.41, 5.74) is 3.90. The van der Waals surface area contributed by atoms with Gasteiger partial charge in [-0.25, -0.2) is 4.98 Å². The molecule has 0 bridgehead atoms. The highest BCUT2D eigenvalue weighted by molar-refractivity contribution is 5.79. The van der Waals surface area contributed by atoms with E-state index >= 15 is 0 Å². The summed E-state index contributed by atoms with van der Waals surface area (Å²) in [6.07, 6.45) is 6.80. The largest absolute Gasteiger partial charge is 0.344 e. The molecule has 2 aromatic heterocycles. The predicted octanol–water partition coefficient (Wildman–Crippen LogP) is 1.89. The van der Waals surface area contributed by atoms with Gasteiger partial charge in [0, 0.05) is 49.8 Å². The van der Waals surface area contributed by atoms with Crippen molar-refractivity contribution in [2.24, 2.45) is 0 Å². The number of hydrogen-bond donors (Lipinski definition) is 2. The fraction of sp³-hybridized carbons (Fsp3) is 0.316. The summed E-state index contributed by atoms with van der Waals surface area (Å²) in [5.74, 6) is 0.202. The average molecular weight is 335 g/mol. The molecule has 2 N–H and O–H groups in total. The normalized spacial score (nSPS) is 17.3. The van der Waals surface area contributed by atoms with Gasteiger partial charge in [-0.2, -0.15) is 0 Å². The maximum atomic E-state index is 12.4. The Kier molecular flexibility index (Phi) is 4.43. The first-order valence-corrected chi connectivity index (χ1v) is 8.61. The number of benzene rings is 1. The summed E-state index contributed by atoms with van der Waals surface area (Å²) in [6, 6.07) is 10.2. The second-order valence-corrected chi connectivity index (χ2v) is 6.44. The highest BCUT2D eigenvalue weighted by Crippen LogP contribution is 2.15. The number of carbonyl (C=O) groups is 1. The van der Waals surface area contributed by atoms with E-state index in [1.807, 2.05) is 41.4 Å². The maximum Gasteiger partial charge on any atom is 0.227 e. The number of H-pyrrole nitrogens is 1. The van der Waals surface area contributed by atoms with Crippen LogP contribution >= 0.6 is 0 Å². The van der Waals surface area contributed by atoms with Gasteiger partial charge in [-0.05, 0) is 12.0 Å². The van der Waals surface area contributed by atoms with E-state index in [2.05, 4.69) is 20.3 Å². The fourth-order valence-electron chi connectivity index (χ4n) is 3.33. The van der Waals surface area contributed by atoms with Crippen LogP contribution in [-0.4, -0.2) is 44.9 Å². The lowest BCUT2D eigenvalue weighted by Gasteiger charge is -2.17. The molecular formula is C19H21N5O. The molecule has 1 saturated heterocycles. The van der Waals surface area contributed by atoms with E-state index in [-0.39, 0.29) is 5.91 Å². The third-order valence-electron chi connectivity index (χ3n) is 4.71. The molecule has 1 aliphatic heterocycles. The molecule has 25 heavy (non-hydrogen) atoms. The number of aromatic nitrogens is 3. The molecular weight excluding hydrogens is 314 g/mol. The maximum absolute atomic E-state index is 12.4. The van der Waals surface area contributed by atoms with Gasteiger partial charge >= 0.3 is 0 Å².